The molecule has 3 unspecified atom stereocenters. The largest absolute Gasteiger partial charge is 0.486 e. The molecule has 3 atom stereocenters. The number of hydrogen-bond donors (Lipinski definition) is 2. The molecule has 3 aromatic rings. The summed E-state index contributed by atoms with van der Waals surface area (Å²) in [6, 6.07) is 22.0. The van der Waals surface area contributed by atoms with Crippen molar-refractivity contribution in [2.45, 2.75) is 18.9 Å². The molecule has 0 aromatic heterocycles. The summed E-state index contributed by atoms with van der Waals surface area (Å²) in [6.07, 6.45) is -0.442. The summed E-state index contributed by atoms with van der Waals surface area (Å²) < 4.78 is 17.2. The maximum atomic E-state index is 13.0. The molecule has 0 saturated carbocycles. The highest BCUT2D eigenvalue weighted by Gasteiger charge is 2.37. The maximum Gasteiger partial charge on any atom is 0.415 e. The van der Waals surface area contributed by atoms with Crippen LogP contribution in [-0.4, -0.2) is 54.9 Å². The van der Waals surface area contributed by atoms with Gasteiger partial charge < -0.3 is 29.5 Å². The number of para-hydroxylation sites is 1. The molecule has 1 amide bonds. The van der Waals surface area contributed by atoms with Crippen LogP contribution >= 0.6 is 12.4 Å². The predicted octanol–water partition coefficient (Wildman–Crippen LogP) is 5.14. The number of aromatic carboxylic acids is 1. The second-order valence-electron chi connectivity index (χ2n) is 9.38. The minimum atomic E-state index is -1.03. The molecule has 0 aliphatic carbocycles. The first-order chi connectivity index (χ1) is 18.0. The number of rotatable bonds is 7. The van der Waals surface area contributed by atoms with E-state index in [2.05, 4.69) is 24.4 Å². The number of benzene rings is 3. The molecule has 0 spiro atoms. The lowest BCUT2D eigenvalue weighted by Gasteiger charge is -2.26. The van der Waals surface area contributed by atoms with Gasteiger partial charge in [-0.15, -0.1) is 12.4 Å². The van der Waals surface area contributed by atoms with Crippen LogP contribution in [0.15, 0.2) is 72.8 Å². The van der Waals surface area contributed by atoms with E-state index in [0.29, 0.717) is 38.6 Å². The van der Waals surface area contributed by atoms with E-state index >= 15 is 0 Å². The third-order valence-electron chi connectivity index (χ3n) is 6.98. The third-order valence-corrected chi connectivity index (χ3v) is 6.98. The van der Waals surface area contributed by atoms with Gasteiger partial charge in [0.1, 0.15) is 19.0 Å². The normalized spacial score (nSPS) is 18.8. The zero-order valence-electron chi connectivity index (χ0n) is 21.0. The van der Waals surface area contributed by atoms with Gasteiger partial charge in [-0.3, -0.25) is 0 Å². The fourth-order valence-electron chi connectivity index (χ4n) is 5.01. The van der Waals surface area contributed by atoms with E-state index in [-0.39, 0.29) is 35.8 Å². The van der Waals surface area contributed by atoms with Gasteiger partial charge in [-0.1, -0.05) is 42.5 Å². The van der Waals surface area contributed by atoms with Gasteiger partial charge in [-0.05, 0) is 48.7 Å². The molecule has 2 heterocycles. The van der Waals surface area contributed by atoms with Crippen LogP contribution in [0.5, 0.6) is 17.2 Å². The quantitative estimate of drug-likeness (QED) is 0.429. The Morgan fingerprint density at radius 1 is 1.00 bits per heavy atom. The zero-order chi connectivity index (χ0) is 25.8. The van der Waals surface area contributed by atoms with Crippen LogP contribution in [0.25, 0.3) is 0 Å². The Hall–Kier alpha value is -3.75. The van der Waals surface area contributed by atoms with Gasteiger partial charge in [0.15, 0.2) is 11.5 Å². The van der Waals surface area contributed by atoms with E-state index in [4.69, 9.17) is 19.3 Å². The van der Waals surface area contributed by atoms with E-state index in [0.717, 1.165) is 17.1 Å². The summed E-state index contributed by atoms with van der Waals surface area (Å²) in [5.74, 6) is 1.17. The van der Waals surface area contributed by atoms with Crippen LogP contribution in [0.2, 0.25) is 0 Å². The molecule has 200 valence electrons. The van der Waals surface area contributed by atoms with Crippen molar-refractivity contribution < 1.29 is 28.9 Å². The minimum Gasteiger partial charge on any atom is -0.486 e. The number of carbonyl (C=O) groups is 2. The lowest BCUT2D eigenvalue weighted by Crippen LogP contribution is -2.33. The van der Waals surface area contributed by atoms with Gasteiger partial charge >= 0.3 is 12.1 Å². The number of carbonyl (C=O) groups excluding carboxylic acids is 1. The SMILES string of the molecule is CC(NCC1CN(C(=O)Oc2ccc(C(=O)O)cc2)CC1c1ccccc1)c1cccc2c1OCCO2.Cl. The molecule has 0 bridgehead atoms. The van der Waals surface area contributed by atoms with E-state index < -0.39 is 12.1 Å². The number of carboxylic acids is 1. The van der Waals surface area contributed by atoms with Crippen LogP contribution < -0.4 is 19.5 Å². The Morgan fingerprint density at radius 2 is 1.74 bits per heavy atom. The monoisotopic (exact) mass is 538 g/mol. The predicted molar refractivity (Wildman–Crippen MR) is 145 cm³/mol. The van der Waals surface area contributed by atoms with Crippen LogP contribution in [0, 0.1) is 5.92 Å². The molecular weight excluding hydrogens is 508 g/mol. The second kappa shape index (κ2) is 12.2. The second-order valence-corrected chi connectivity index (χ2v) is 9.38. The fourth-order valence-corrected chi connectivity index (χ4v) is 5.01. The maximum absolute atomic E-state index is 13.0. The lowest BCUT2D eigenvalue weighted by atomic mass is 9.88. The van der Waals surface area contributed by atoms with Gasteiger partial charge in [0.05, 0.1) is 5.56 Å². The molecule has 1 saturated heterocycles. The number of hydrogen-bond acceptors (Lipinski definition) is 6. The van der Waals surface area contributed by atoms with Gasteiger partial charge in [0, 0.05) is 37.2 Å². The number of ether oxygens (including phenoxy) is 3. The van der Waals surface area contributed by atoms with Crippen LogP contribution in [0.3, 0.4) is 0 Å². The summed E-state index contributed by atoms with van der Waals surface area (Å²) in [5, 5.41) is 12.7. The van der Waals surface area contributed by atoms with E-state index in [1.54, 1.807) is 4.90 Å². The van der Waals surface area contributed by atoms with E-state index in [9.17, 15) is 9.59 Å². The number of carboxylic acid groups (broad SMARTS) is 1. The molecule has 5 rings (SSSR count). The van der Waals surface area contributed by atoms with Crippen molar-refractivity contribution in [3.8, 4) is 17.2 Å². The fraction of sp³-hybridized carbons (Fsp3) is 0.310. The number of nitrogens with zero attached hydrogens (tertiary/aromatic N) is 1. The number of nitrogens with one attached hydrogen (secondary N) is 1. The van der Waals surface area contributed by atoms with Crippen LogP contribution in [0.4, 0.5) is 4.79 Å². The van der Waals surface area contributed by atoms with Crippen molar-refractivity contribution in [1.82, 2.24) is 10.2 Å². The lowest BCUT2D eigenvalue weighted by molar-refractivity contribution is 0.0697. The number of fused-ring (bicyclic) bond motifs is 1. The van der Waals surface area contributed by atoms with E-state index in [1.807, 2.05) is 36.4 Å². The summed E-state index contributed by atoms with van der Waals surface area (Å²) >= 11 is 0. The van der Waals surface area contributed by atoms with Crippen molar-refractivity contribution in [1.29, 1.82) is 0 Å². The molecule has 8 nitrogen and oxygen atoms in total. The number of likely N-dealkylation sites (tertiary alicyclic amines) is 1. The molecule has 1 fully saturated rings. The van der Waals surface area contributed by atoms with Crippen molar-refractivity contribution >= 4 is 24.5 Å². The standard InChI is InChI=1S/C29H30N2O6.ClH/c1-19(24-8-5-9-26-27(24)36-15-14-35-26)30-16-22-17-31(18-25(22)20-6-3-2-4-7-20)29(34)37-23-12-10-21(11-13-23)28(32)33;/h2-13,19,22,25,30H,14-18H2,1H3,(H,32,33);1H. The molecular formula is C29H31ClN2O6. The van der Waals surface area contributed by atoms with Crippen LogP contribution in [0.1, 0.15) is 40.4 Å². The molecule has 0 radical (unpaired) electrons. The minimum absolute atomic E-state index is 0. The Balaban J connectivity index is 0.00000336. The third kappa shape index (κ3) is 6.03. The molecule has 2 aliphatic rings. The van der Waals surface area contributed by atoms with Crippen molar-refractivity contribution in [2.75, 3.05) is 32.8 Å². The summed E-state index contributed by atoms with van der Waals surface area (Å²) in [7, 11) is 0. The van der Waals surface area contributed by atoms with Gasteiger partial charge in [-0.2, -0.15) is 0 Å². The Morgan fingerprint density at radius 3 is 2.47 bits per heavy atom. The Bertz CT molecular complexity index is 1250. The first-order valence-electron chi connectivity index (χ1n) is 12.5. The molecule has 38 heavy (non-hydrogen) atoms. The van der Waals surface area contributed by atoms with Gasteiger partial charge in [0.2, 0.25) is 0 Å². The van der Waals surface area contributed by atoms with Crippen molar-refractivity contribution in [2.24, 2.45) is 5.92 Å². The summed E-state index contributed by atoms with van der Waals surface area (Å²) in [5.41, 5.74) is 2.37. The number of halogens is 1. The van der Waals surface area contributed by atoms with Crippen molar-refractivity contribution in [3.63, 3.8) is 0 Å². The van der Waals surface area contributed by atoms with Crippen molar-refractivity contribution in [3.05, 3.63) is 89.5 Å². The van der Waals surface area contributed by atoms with E-state index in [1.165, 1.54) is 29.8 Å². The van der Waals surface area contributed by atoms with Gasteiger partial charge in [-0.25, -0.2) is 9.59 Å². The first-order valence-corrected chi connectivity index (χ1v) is 12.5. The summed E-state index contributed by atoms with van der Waals surface area (Å²) in [6.45, 7) is 4.96. The van der Waals surface area contributed by atoms with Crippen LogP contribution in [-0.2, 0) is 0 Å². The highest BCUT2D eigenvalue weighted by atomic mass is 35.5. The smallest absolute Gasteiger partial charge is 0.415 e. The highest BCUT2D eigenvalue weighted by Crippen LogP contribution is 2.38. The average molecular weight is 539 g/mol. The molecule has 2 N–H and O–H groups in total. The highest BCUT2D eigenvalue weighted by molar-refractivity contribution is 5.87. The first kappa shape index (κ1) is 27.3. The molecule has 2 aliphatic heterocycles. The number of amides is 1. The molecule has 3 aromatic carbocycles. The Kier molecular flexibility index (Phi) is 8.76. The van der Waals surface area contributed by atoms with Gasteiger partial charge in [0.25, 0.3) is 0 Å². The molecule has 9 heteroatoms. The zero-order valence-corrected chi connectivity index (χ0v) is 21.9. The average Bonchev–Trinajstić information content (AvgIpc) is 3.37. The topological polar surface area (TPSA) is 97.3 Å². The summed E-state index contributed by atoms with van der Waals surface area (Å²) in [4.78, 5) is 25.8. The Labute approximate surface area is 227 Å².